The summed E-state index contributed by atoms with van der Waals surface area (Å²) in [4.78, 5) is 13.2. The van der Waals surface area contributed by atoms with Crippen LogP contribution in [-0.2, 0) is 9.53 Å². The Balaban J connectivity index is 2.37. The second kappa shape index (κ2) is 7.67. The van der Waals surface area contributed by atoms with Crippen molar-refractivity contribution in [1.82, 2.24) is 4.90 Å². The third-order valence-electron chi connectivity index (χ3n) is 2.62. The van der Waals surface area contributed by atoms with Crippen molar-refractivity contribution in [2.45, 2.75) is 25.3 Å². The average Bonchev–Trinajstić information content (AvgIpc) is 2.35. The van der Waals surface area contributed by atoms with Gasteiger partial charge in [0.2, 0.25) is 5.91 Å². The van der Waals surface area contributed by atoms with Gasteiger partial charge in [0.15, 0.2) is 0 Å². The lowest BCUT2D eigenvalue weighted by atomic mass is 10.0. The van der Waals surface area contributed by atoms with Crippen LogP contribution in [-0.4, -0.2) is 48.3 Å². The van der Waals surface area contributed by atoms with Gasteiger partial charge in [-0.3, -0.25) is 4.79 Å². The van der Waals surface area contributed by atoms with Gasteiger partial charge in [0.05, 0.1) is 25.3 Å². The van der Waals surface area contributed by atoms with Gasteiger partial charge in [0.1, 0.15) is 13.2 Å². The highest BCUT2D eigenvalue weighted by molar-refractivity contribution is 5.77. The number of piperidine rings is 1. The number of carbonyl (C=O) groups excluding carboxylic acids is 1. The lowest BCUT2D eigenvalue weighted by Crippen LogP contribution is -2.45. The minimum absolute atomic E-state index is 0.0155. The maximum absolute atomic E-state index is 11.6. The lowest BCUT2D eigenvalue weighted by molar-refractivity contribution is -0.136. The van der Waals surface area contributed by atoms with E-state index in [0.29, 0.717) is 13.0 Å². The van der Waals surface area contributed by atoms with Crippen LogP contribution in [0.2, 0.25) is 0 Å². The smallest absolute Gasteiger partial charge is 0.223 e. The second-order valence-electron chi connectivity index (χ2n) is 3.75. The summed E-state index contributed by atoms with van der Waals surface area (Å²) < 4.78 is 4.86. The van der Waals surface area contributed by atoms with E-state index in [9.17, 15) is 4.79 Å². The first kappa shape index (κ1) is 13.5. The van der Waals surface area contributed by atoms with Crippen molar-refractivity contribution in [3.63, 3.8) is 0 Å². The number of nitrogens with zero attached hydrogens (tertiary/aromatic N) is 2. The standard InChI is InChI=1S/C12H16N2O3/c13-6-9-17-8-2-1-7-14-11(10-15)4-3-5-12(14)16/h11,15H,3-5,7-10H2/t11-/m1/s1. The van der Waals surface area contributed by atoms with E-state index in [0.717, 1.165) is 12.8 Å². The monoisotopic (exact) mass is 236 g/mol. The fourth-order valence-corrected chi connectivity index (χ4v) is 1.74. The first-order valence-electron chi connectivity index (χ1n) is 5.60. The quantitative estimate of drug-likeness (QED) is 0.546. The Morgan fingerprint density at radius 3 is 3.00 bits per heavy atom. The zero-order valence-corrected chi connectivity index (χ0v) is 9.69. The van der Waals surface area contributed by atoms with Crippen LogP contribution in [0.1, 0.15) is 19.3 Å². The van der Waals surface area contributed by atoms with E-state index in [4.69, 9.17) is 15.1 Å². The molecule has 5 heteroatoms. The Hall–Kier alpha value is -1.56. The predicted molar refractivity (Wildman–Crippen MR) is 60.6 cm³/mol. The highest BCUT2D eigenvalue weighted by Gasteiger charge is 2.26. The molecule has 0 saturated carbocycles. The molecular weight excluding hydrogens is 220 g/mol. The van der Waals surface area contributed by atoms with Crippen molar-refractivity contribution in [3.05, 3.63) is 0 Å². The number of hydrogen-bond donors (Lipinski definition) is 1. The molecule has 1 saturated heterocycles. The molecule has 0 aromatic rings. The third kappa shape index (κ3) is 4.44. The molecule has 1 atom stereocenters. The summed E-state index contributed by atoms with van der Waals surface area (Å²) in [5.74, 6) is 5.60. The number of rotatable bonds is 4. The largest absolute Gasteiger partial charge is 0.394 e. The van der Waals surface area contributed by atoms with Crippen molar-refractivity contribution < 1.29 is 14.6 Å². The molecule has 1 aliphatic rings. The molecule has 0 spiro atoms. The highest BCUT2D eigenvalue weighted by Crippen LogP contribution is 2.16. The Morgan fingerprint density at radius 1 is 1.47 bits per heavy atom. The van der Waals surface area contributed by atoms with Gasteiger partial charge in [-0.05, 0) is 12.8 Å². The molecule has 1 heterocycles. The molecule has 0 bridgehead atoms. The summed E-state index contributed by atoms with van der Waals surface area (Å²) >= 11 is 0. The fourth-order valence-electron chi connectivity index (χ4n) is 1.74. The second-order valence-corrected chi connectivity index (χ2v) is 3.75. The van der Waals surface area contributed by atoms with Crippen LogP contribution in [0.25, 0.3) is 0 Å². The molecule has 17 heavy (non-hydrogen) atoms. The molecule has 0 aliphatic carbocycles. The SMILES string of the molecule is N#CCOCC#CCN1C(=O)CCC[C@@H]1CO. The summed E-state index contributed by atoms with van der Waals surface area (Å²) in [7, 11) is 0. The van der Waals surface area contributed by atoms with Gasteiger partial charge in [0, 0.05) is 6.42 Å². The highest BCUT2D eigenvalue weighted by atomic mass is 16.5. The van der Waals surface area contributed by atoms with Gasteiger partial charge in [-0.2, -0.15) is 5.26 Å². The van der Waals surface area contributed by atoms with Crippen molar-refractivity contribution in [2.24, 2.45) is 0 Å². The minimum Gasteiger partial charge on any atom is -0.394 e. The van der Waals surface area contributed by atoms with Crippen molar-refractivity contribution in [2.75, 3.05) is 26.4 Å². The number of hydrogen-bond acceptors (Lipinski definition) is 4. The van der Waals surface area contributed by atoms with Gasteiger partial charge >= 0.3 is 0 Å². The molecule has 0 radical (unpaired) electrons. The Kier molecular flexibility index (Phi) is 6.09. The van der Waals surface area contributed by atoms with E-state index in [1.165, 1.54) is 0 Å². The molecule has 1 N–H and O–H groups in total. The Labute approximate surface area is 101 Å². The summed E-state index contributed by atoms with van der Waals surface area (Å²) in [6, 6.07) is 1.74. The van der Waals surface area contributed by atoms with Gasteiger partial charge < -0.3 is 14.7 Å². The number of aliphatic hydroxyl groups is 1. The minimum atomic E-state index is -0.106. The van der Waals surface area contributed by atoms with Crippen molar-refractivity contribution in [3.8, 4) is 17.9 Å². The van der Waals surface area contributed by atoms with Crippen LogP contribution in [0.3, 0.4) is 0 Å². The lowest BCUT2D eigenvalue weighted by Gasteiger charge is -2.32. The van der Waals surface area contributed by atoms with E-state index in [1.54, 1.807) is 4.90 Å². The first-order valence-corrected chi connectivity index (χ1v) is 5.60. The number of nitriles is 1. The van der Waals surface area contributed by atoms with Crippen LogP contribution in [0.15, 0.2) is 0 Å². The number of likely N-dealkylation sites (tertiary alicyclic amines) is 1. The van der Waals surface area contributed by atoms with E-state index in [2.05, 4.69) is 11.8 Å². The van der Waals surface area contributed by atoms with Gasteiger partial charge in [0.25, 0.3) is 0 Å². The maximum atomic E-state index is 11.6. The van der Waals surface area contributed by atoms with Crippen LogP contribution in [0.5, 0.6) is 0 Å². The van der Waals surface area contributed by atoms with Gasteiger partial charge in [-0.15, -0.1) is 0 Å². The maximum Gasteiger partial charge on any atom is 0.223 e. The average molecular weight is 236 g/mol. The zero-order valence-electron chi connectivity index (χ0n) is 9.69. The normalized spacial score (nSPS) is 19.4. The number of ether oxygens (including phenoxy) is 1. The van der Waals surface area contributed by atoms with Crippen molar-refractivity contribution in [1.29, 1.82) is 5.26 Å². The van der Waals surface area contributed by atoms with Crippen LogP contribution in [0, 0.1) is 23.2 Å². The molecule has 1 amide bonds. The number of carbonyl (C=O) groups is 1. The molecule has 0 aromatic heterocycles. The number of aliphatic hydroxyl groups excluding tert-OH is 1. The van der Waals surface area contributed by atoms with Gasteiger partial charge in [-0.25, -0.2) is 0 Å². The van der Waals surface area contributed by atoms with E-state index in [1.807, 2.05) is 6.07 Å². The zero-order chi connectivity index (χ0) is 12.5. The van der Waals surface area contributed by atoms with E-state index in [-0.39, 0.29) is 31.8 Å². The van der Waals surface area contributed by atoms with Crippen molar-refractivity contribution >= 4 is 5.91 Å². The molecule has 1 fully saturated rings. The molecule has 1 rings (SSSR count). The summed E-state index contributed by atoms with van der Waals surface area (Å²) in [6.07, 6.45) is 2.19. The van der Waals surface area contributed by atoms with E-state index < -0.39 is 0 Å². The van der Waals surface area contributed by atoms with E-state index >= 15 is 0 Å². The van der Waals surface area contributed by atoms with Crippen LogP contribution >= 0.6 is 0 Å². The fraction of sp³-hybridized carbons (Fsp3) is 0.667. The van der Waals surface area contributed by atoms with Crippen LogP contribution in [0.4, 0.5) is 0 Å². The predicted octanol–water partition coefficient (Wildman–Crippen LogP) is -0.0966. The Morgan fingerprint density at radius 2 is 2.29 bits per heavy atom. The topological polar surface area (TPSA) is 73.6 Å². The summed E-state index contributed by atoms with van der Waals surface area (Å²) in [5, 5.41) is 17.4. The third-order valence-corrected chi connectivity index (χ3v) is 2.62. The van der Waals surface area contributed by atoms with Crippen LogP contribution < -0.4 is 0 Å². The molecule has 0 aromatic carbocycles. The first-order chi connectivity index (χ1) is 8.29. The van der Waals surface area contributed by atoms with Gasteiger partial charge in [-0.1, -0.05) is 11.8 Å². The summed E-state index contributed by atoms with van der Waals surface area (Å²) in [5.41, 5.74) is 0. The molecule has 5 nitrogen and oxygen atoms in total. The molecular formula is C12H16N2O3. The number of amides is 1. The molecule has 92 valence electrons. The molecule has 1 aliphatic heterocycles. The summed E-state index contributed by atoms with van der Waals surface area (Å²) in [6.45, 7) is 0.522. The Bertz CT molecular complexity index is 351. The molecule has 0 unspecified atom stereocenters.